The van der Waals surface area contributed by atoms with Crippen LogP contribution in [-0.4, -0.2) is 30.5 Å². The van der Waals surface area contributed by atoms with Gasteiger partial charge in [0.1, 0.15) is 6.10 Å². The molecule has 5 heteroatoms. The van der Waals surface area contributed by atoms with Crippen molar-refractivity contribution in [2.75, 3.05) is 19.7 Å². The minimum atomic E-state index is -0.00485. The van der Waals surface area contributed by atoms with E-state index in [2.05, 4.69) is 10.3 Å². The van der Waals surface area contributed by atoms with Gasteiger partial charge in [-0.1, -0.05) is 17.7 Å². The standard InChI is InChI=1S/C17H17ClN2O2/c18-14-4-2-13(3-5-14)16(21)9-12-1-6-15(20-10-12)17-11-19-7-8-22-17/h1-6,10,17,19H,7-9,11H2/t17-/m0/s1. The number of ether oxygens (including phenoxy) is 1. The van der Waals surface area contributed by atoms with Crippen LogP contribution in [0.5, 0.6) is 0 Å². The highest BCUT2D eigenvalue weighted by molar-refractivity contribution is 6.30. The lowest BCUT2D eigenvalue weighted by Crippen LogP contribution is -2.33. The van der Waals surface area contributed by atoms with Gasteiger partial charge in [-0.2, -0.15) is 0 Å². The van der Waals surface area contributed by atoms with Gasteiger partial charge in [0, 0.05) is 36.3 Å². The molecule has 0 unspecified atom stereocenters. The first kappa shape index (κ1) is 15.2. The lowest BCUT2D eigenvalue weighted by atomic mass is 10.0. The van der Waals surface area contributed by atoms with Crippen LogP contribution >= 0.6 is 11.6 Å². The van der Waals surface area contributed by atoms with Crippen molar-refractivity contribution < 1.29 is 9.53 Å². The quantitative estimate of drug-likeness (QED) is 0.881. The normalized spacial score (nSPS) is 18.1. The number of ketones is 1. The van der Waals surface area contributed by atoms with Gasteiger partial charge in [0.2, 0.25) is 0 Å². The number of aromatic nitrogens is 1. The maximum Gasteiger partial charge on any atom is 0.167 e. The van der Waals surface area contributed by atoms with Crippen LogP contribution in [-0.2, 0) is 11.2 Å². The average molecular weight is 317 g/mol. The van der Waals surface area contributed by atoms with Gasteiger partial charge in [-0.3, -0.25) is 9.78 Å². The summed E-state index contributed by atoms with van der Waals surface area (Å²) < 4.78 is 5.66. The number of rotatable bonds is 4. The van der Waals surface area contributed by atoms with E-state index in [1.54, 1.807) is 30.5 Å². The number of carbonyl (C=O) groups excluding carboxylic acids is 1. The first-order chi connectivity index (χ1) is 10.7. The minimum absolute atomic E-state index is 0.00485. The van der Waals surface area contributed by atoms with Crippen molar-refractivity contribution >= 4 is 17.4 Å². The summed E-state index contributed by atoms with van der Waals surface area (Å²) in [5.41, 5.74) is 2.45. The van der Waals surface area contributed by atoms with E-state index in [0.29, 0.717) is 23.6 Å². The molecule has 0 radical (unpaired) electrons. The van der Waals surface area contributed by atoms with Crippen LogP contribution in [0, 0.1) is 0 Å². The summed E-state index contributed by atoms with van der Waals surface area (Å²) in [5, 5.41) is 3.90. The van der Waals surface area contributed by atoms with Crippen molar-refractivity contribution in [2.24, 2.45) is 0 Å². The van der Waals surface area contributed by atoms with E-state index in [1.807, 2.05) is 12.1 Å². The number of benzene rings is 1. The number of morpholine rings is 1. The van der Waals surface area contributed by atoms with Gasteiger partial charge < -0.3 is 10.1 Å². The number of nitrogens with zero attached hydrogens (tertiary/aromatic N) is 1. The topological polar surface area (TPSA) is 51.2 Å². The van der Waals surface area contributed by atoms with Crippen molar-refractivity contribution in [3.8, 4) is 0 Å². The number of nitrogens with one attached hydrogen (secondary N) is 1. The van der Waals surface area contributed by atoms with Crippen LogP contribution in [0.3, 0.4) is 0 Å². The lowest BCUT2D eigenvalue weighted by Gasteiger charge is -2.23. The molecule has 1 saturated heterocycles. The Morgan fingerprint density at radius 3 is 2.73 bits per heavy atom. The van der Waals surface area contributed by atoms with Gasteiger partial charge >= 0.3 is 0 Å². The first-order valence-electron chi connectivity index (χ1n) is 7.28. The molecule has 2 aromatic rings. The van der Waals surface area contributed by atoms with Crippen molar-refractivity contribution in [1.29, 1.82) is 0 Å². The molecular formula is C17H17ClN2O2. The fourth-order valence-corrected chi connectivity index (χ4v) is 2.54. The zero-order chi connectivity index (χ0) is 15.4. The molecule has 0 saturated carbocycles. The van der Waals surface area contributed by atoms with Crippen LogP contribution in [0.15, 0.2) is 42.6 Å². The number of hydrogen-bond acceptors (Lipinski definition) is 4. The fraction of sp³-hybridized carbons (Fsp3) is 0.294. The Hall–Kier alpha value is -1.75. The van der Waals surface area contributed by atoms with Crippen LogP contribution in [0.2, 0.25) is 5.02 Å². The maximum atomic E-state index is 12.2. The van der Waals surface area contributed by atoms with E-state index < -0.39 is 0 Å². The summed E-state index contributed by atoms with van der Waals surface area (Å²) in [6.07, 6.45) is 2.08. The van der Waals surface area contributed by atoms with Gasteiger partial charge in [-0.05, 0) is 35.9 Å². The molecule has 1 N–H and O–H groups in total. The van der Waals surface area contributed by atoms with Gasteiger partial charge in [-0.15, -0.1) is 0 Å². The monoisotopic (exact) mass is 316 g/mol. The highest BCUT2D eigenvalue weighted by Crippen LogP contribution is 2.17. The number of pyridine rings is 1. The zero-order valence-electron chi connectivity index (χ0n) is 12.1. The third-order valence-corrected chi connectivity index (χ3v) is 3.89. The van der Waals surface area contributed by atoms with Crippen molar-refractivity contribution in [3.63, 3.8) is 0 Å². The molecule has 1 fully saturated rings. The molecule has 1 aliphatic heterocycles. The Kier molecular flexibility index (Phi) is 4.83. The smallest absolute Gasteiger partial charge is 0.167 e. The molecule has 0 bridgehead atoms. The molecule has 4 nitrogen and oxygen atoms in total. The molecule has 1 aromatic heterocycles. The molecular weight excluding hydrogens is 300 g/mol. The molecule has 2 heterocycles. The van der Waals surface area contributed by atoms with Gasteiger partial charge in [0.15, 0.2) is 5.78 Å². The Balaban J connectivity index is 1.65. The van der Waals surface area contributed by atoms with Crippen molar-refractivity contribution in [2.45, 2.75) is 12.5 Å². The van der Waals surface area contributed by atoms with E-state index in [0.717, 1.165) is 24.3 Å². The molecule has 1 aromatic carbocycles. The van der Waals surface area contributed by atoms with E-state index in [9.17, 15) is 4.79 Å². The van der Waals surface area contributed by atoms with Gasteiger partial charge in [0.25, 0.3) is 0 Å². The summed E-state index contributed by atoms with van der Waals surface area (Å²) in [7, 11) is 0. The van der Waals surface area contributed by atoms with Crippen LogP contribution in [0.4, 0.5) is 0 Å². The zero-order valence-corrected chi connectivity index (χ0v) is 12.8. The summed E-state index contributed by atoms with van der Waals surface area (Å²) in [5.74, 6) is 0.0572. The second-order valence-electron chi connectivity index (χ2n) is 5.26. The predicted molar refractivity (Wildman–Crippen MR) is 85.3 cm³/mol. The average Bonchev–Trinajstić information content (AvgIpc) is 2.57. The molecule has 3 rings (SSSR count). The molecule has 0 amide bonds. The molecule has 22 heavy (non-hydrogen) atoms. The summed E-state index contributed by atoms with van der Waals surface area (Å²) >= 11 is 5.83. The van der Waals surface area contributed by atoms with E-state index >= 15 is 0 Å². The summed E-state index contributed by atoms with van der Waals surface area (Å²) in [6.45, 7) is 2.35. The Bertz CT molecular complexity index is 635. The number of Topliss-reactive ketones (excluding diaryl/α,β-unsaturated/α-hetero) is 1. The molecule has 114 valence electrons. The van der Waals surface area contributed by atoms with E-state index in [1.165, 1.54) is 0 Å². The number of carbonyl (C=O) groups is 1. The lowest BCUT2D eigenvalue weighted by molar-refractivity contribution is 0.0250. The third kappa shape index (κ3) is 3.71. The Labute approximate surface area is 134 Å². The van der Waals surface area contributed by atoms with Crippen LogP contribution in [0.25, 0.3) is 0 Å². The van der Waals surface area contributed by atoms with E-state index in [4.69, 9.17) is 16.3 Å². The first-order valence-corrected chi connectivity index (χ1v) is 7.66. The van der Waals surface area contributed by atoms with Crippen molar-refractivity contribution in [1.82, 2.24) is 10.3 Å². The van der Waals surface area contributed by atoms with Gasteiger partial charge in [-0.25, -0.2) is 0 Å². The fourth-order valence-electron chi connectivity index (χ4n) is 2.41. The predicted octanol–water partition coefficient (Wildman–Crippen LogP) is 2.82. The Morgan fingerprint density at radius 1 is 1.27 bits per heavy atom. The molecule has 1 atom stereocenters. The highest BCUT2D eigenvalue weighted by atomic mass is 35.5. The maximum absolute atomic E-state index is 12.2. The van der Waals surface area contributed by atoms with Crippen LogP contribution < -0.4 is 5.32 Å². The summed E-state index contributed by atoms with van der Waals surface area (Å²) in [6, 6.07) is 10.8. The molecule has 1 aliphatic rings. The number of hydrogen-bond donors (Lipinski definition) is 1. The third-order valence-electron chi connectivity index (χ3n) is 3.64. The highest BCUT2D eigenvalue weighted by Gasteiger charge is 2.17. The molecule has 0 spiro atoms. The van der Waals surface area contributed by atoms with E-state index in [-0.39, 0.29) is 11.9 Å². The Morgan fingerprint density at radius 2 is 2.09 bits per heavy atom. The van der Waals surface area contributed by atoms with Crippen LogP contribution in [0.1, 0.15) is 27.7 Å². The second kappa shape index (κ2) is 7.01. The number of halogens is 1. The SMILES string of the molecule is O=C(Cc1ccc([C@@H]2CNCCO2)nc1)c1ccc(Cl)cc1. The minimum Gasteiger partial charge on any atom is -0.369 e. The molecule has 0 aliphatic carbocycles. The van der Waals surface area contributed by atoms with Gasteiger partial charge in [0.05, 0.1) is 12.3 Å². The van der Waals surface area contributed by atoms with Crippen molar-refractivity contribution in [3.05, 3.63) is 64.4 Å². The largest absolute Gasteiger partial charge is 0.369 e. The second-order valence-corrected chi connectivity index (χ2v) is 5.70. The summed E-state index contributed by atoms with van der Waals surface area (Å²) in [4.78, 5) is 16.6.